The Kier molecular flexibility index (Phi) is 5.73. The minimum Gasteiger partial charge on any atom is -0.488 e. The average Bonchev–Trinajstić information content (AvgIpc) is 2.64. The number of hydrogen-bond acceptors (Lipinski definition) is 4. The number of aromatic nitrogens is 1. The number of nitrogens with zero attached hydrogens (tertiary/aromatic N) is 2. The van der Waals surface area contributed by atoms with Gasteiger partial charge in [-0.15, -0.1) is 0 Å². The lowest BCUT2D eigenvalue weighted by Crippen LogP contribution is -2.45. The van der Waals surface area contributed by atoms with Crippen molar-refractivity contribution in [2.24, 2.45) is 5.73 Å². The molecule has 0 bridgehead atoms. The SMILES string of the molecule is NC(=O)c1cc(OC2CCCN(C(=O)Cc3ccc(Cl)cc3)C2)ccn1. The molecule has 2 heterocycles. The Balaban J connectivity index is 1.60. The molecular weight excluding hydrogens is 354 g/mol. The van der Waals surface area contributed by atoms with Crippen molar-refractivity contribution >= 4 is 23.4 Å². The molecule has 0 spiro atoms. The summed E-state index contributed by atoms with van der Waals surface area (Å²) in [4.78, 5) is 29.5. The van der Waals surface area contributed by atoms with Crippen LogP contribution in [-0.2, 0) is 11.2 Å². The number of pyridine rings is 1. The van der Waals surface area contributed by atoms with Gasteiger partial charge in [0.15, 0.2) is 0 Å². The highest BCUT2D eigenvalue weighted by atomic mass is 35.5. The van der Waals surface area contributed by atoms with E-state index < -0.39 is 5.91 Å². The summed E-state index contributed by atoms with van der Waals surface area (Å²) >= 11 is 5.88. The van der Waals surface area contributed by atoms with Gasteiger partial charge in [-0.1, -0.05) is 23.7 Å². The highest BCUT2D eigenvalue weighted by Crippen LogP contribution is 2.20. The predicted molar refractivity (Wildman–Crippen MR) is 98.1 cm³/mol. The third-order valence-corrected chi connectivity index (χ3v) is 4.54. The van der Waals surface area contributed by atoms with E-state index in [1.54, 1.807) is 18.2 Å². The maximum Gasteiger partial charge on any atom is 0.267 e. The Morgan fingerprint density at radius 2 is 2.04 bits per heavy atom. The Morgan fingerprint density at radius 1 is 1.27 bits per heavy atom. The second-order valence-electron chi connectivity index (χ2n) is 6.27. The van der Waals surface area contributed by atoms with E-state index in [0.717, 1.165) is 24.9 Å². The van der Waals surface area contributed by atoms with Gasteiger partial charge in [-0.25, -0.2) is 0 Å². The molecule has 0 saturated carbocycles. The minimum absolute atomic E-state index is 0.0631. The van der Waals surface area contributed by atoms with Gasteiger partial charge in [-0.05, 0) is 36.6 Å². The van der Waals surface area contributed by atoms with Crippen molar-refractivity contribution in [1.29, 1.82) is 0 Å². The quantitative estimate of drug-likeness (QED) is 0.872. The fourth-order valence-corrected chi connectivity index (χ4v) is 3.09. The Labute approximate surface area is 156 Å². The maximum atomic E-state index is 12.6. The van der Waals surface area contributed by atoms with Gasteiger partial charge >= 0.3 is 0 Å². The smallest absolute Gasteiger partial charge is 0.267 e. The number of primary amides is 1. The number of hydrogen-bond donors (Lipinski definition) is 1. The van der Waals surface area contributed by atoms with Gasteiger partial charge in [0.2, 0.25) is 5.91 Å². The molecule has 0 aliphatic carbocycles. The zero-order chi connectivity index (χ0) is 18.5. The molecule has 6 nitrogen and oxygen atoms in total. The van der Waals surface area contributed by atoms with Crippen molar-refractivity contribution in [1.82, 2.24) is 9.88 Å². The fraction of sp³-hybridized carbons (Fsp3) is 0.316. The van der Waals surface area contributed by atoms with Crippen molar-refractivity contribution in [3.8, 4) is 5.75 Å². The molecule has 1 aromatic carbocycles. The van der Waals surface area contributed by atoms with Crippen LogP contribution in [-0.4, -0.2) is 40.9 Å². The van der Waals surface area contributed by atoms with Gasteiger partial charge in [-0.2, -0.15) is 0 Å². The van der Waals surface area contributed by atoms with Crippen LogP contribution in [0.3, 0.4) is 0 Å². The molecule has 136 valence electrons. The second kappa shape index (κ2) is 8.19. The van der Waals surface area contributed by atoms with E-state index in [0.29, 0.717) is 23.7 Å². The standard InChI is InChI=1S/C19H20ClN3O3/c20-14-5-3-13(4-6-14)10-18(24)23-9-1-2-16(12-23)26-15-7-8-22-17(11-15)19(21)25/h3-8,11,16H,1-2,9-10,12H2,(H2,21,25). The summed E-state index contributed by atoms with van der Waals surface area (Å²) in [6.07, 6.45) is 3.41. The summed E-state index contributed by atoms with van der Waals surface area (Å²) in [5.41, 5.74) is 6.34. The number of ether oxygens (including phenoxy) is 1. The normalized spacial score (nSPS) is 17.0. The highest BCUT2D eigenvalue weighted by molar-refractivity contribution is 6.30. The van der Waals surface area contributed by atoms with E-state index in [4.69, 9.17) is 22.1 Å². The first-order valence-corrected chi connectivity index (χ1v) is 8.84. The monoisotopic (exact) mass is 373 g/mol. The number of rotatable bonds is 5. The van der Waals surface area contributed by atoms with Gasteiger partial charge in [0.1, 0.15) is 17.5 Å². The van der Waals surface area contributed by atoms with Crippen LogP contribution in [0.5, 0.6) is 5.75 Å². The number of piperidine rings is 1. The number of nitrogens with two attached hydrogens (primary N) is 1. The maximum absolute atomic E-state index is 12.6. The van der Waals surface area contributed by atoms with Crippen LogP contribution < -0.4 is 10.5 Å². The third-order valence-electron chi connectivity index (χ3n) is 4.29. The Hall–Kier alpha value is -2.60. The van der Waals surface area contributed by atoms with Crippen LogP contribution in [0.1, 0.15) is 28.9 Å². The van der Waals surface area contributed by atoms with E-state index in [-0.39, 0.29) is 17.7 Å². The van der Waals surface area contributed by atoms with Crippen LogP contribution in [0, 0.1) is 0 Å². The lowest BCUT2D eigenvalue weighted by molar-refractivity contribution is -0.133. The van der Waals surface area contributed by atoms with Gasteiger partial charge in [0, 0.05) is 23.8 Å². The Morgan fingerprint density at radius 3 is 2.77 bits per heavy atom. The molecule has 7 heteroatoms. The van der Waals surface area contributed by atoms with E-state index in [2.05, 4.69) is 4.98 Å². The molecule has 2 amide bonds. The lowest BCUT2D eigenvalue weighted by atomic mass is 10.1. The van der Waals surface area contributed by atoms with Crippen molar-refractivity contribution in [3.05, 3.63) is 58.9 Å². The molecule has 0 radical (unpaired) electrons. The summed E-state index contributed by atoms with van der Waals surface area (Å²) in [6.45, 7) is 1.23. The summed E-state index contributed by atoms with van der Waals surface area (Å²) in [5, 5.41) is 0.653. The van der Waals surface area contributed by atoms with E-state index >= 15 is 0 Å². The van der Waals surface area contributed by atoms with Crippen molar-refractivity contribution < 1.29 is 14.3 Å². The first-order chi connectivity index (χ1) is 12.5. The number of carbonyl (C=O) groups excluding carboxylic acids is 2. The van der Waals surface area contributed by atoms with Crippen LogP contribution in [0.25, 0.3) is 0 Å². The number of benzene rings is 1. The molecule has 1 aliphatic heterocycles. The van der Waals surface area contributed by atoms with Gasteiger partial charge < -0.3 is 15.4 Å². The van der Waals surface area contributed by atoms with Crippen LogP contribution in [0.15, 0.2) is 42.6 Å². The summed E-state index contributed by atoms with van der Waals surface area (Å²) in [5.74, 6) is -0.00200. The summed E-state index contributed by atoms with van der Waals surface area (Å²) in [6, 6.07) is 10.5. The van der Waals surface area contributed by atoms with Crippen LogP contribution >= 0.6 is 11.6 Å². The van der Waals surface area contributed by atoms with Crippen LogP contribution in [0.2, 0.25) is 5.02 Å². The molecule has 2 N–H and O–H groups in total. The zero-order valence-corrected chi connectivity index (χ0v) is 15.0. The predicted octanol–water partition coefficient (Wildman–Crippen LogP) is 2.45. The molecule has 3 rings (SSSR count). The molecule has 1 aromatic heterocycles. The number of likely N-dealkylation sites (tertiary alicyclic amines) is 1. The van der Waals surface area contributed by atoms with Crippen molar-refractivity contribution in [3.63, 3.8) is 0 Å². The fourth-order valence-electron chi connectivity index (χ4n) is 2.96. The van der Waals surface area contributed by atoms with E-state index in [1.807, 2.05) is 17.0 Å². The largest absolute Gasteiger partial charge is 0.488 e. The second-order valence-corrected chi connectivity index (χ2v) is 6.70. The van der Waals surface area contributed by atoms with Crippen LogP contribution in [0.4, 0.5) is 0 Å². The molecular formula is C19H20ClN3O3. The molecule has 1 aliphatic rings. The Bertz CT molecular complexity index is 795. The number of amides is 2. The molecule has 26 heavy (non-hydrogen) atoms. The highest BCUT2D eigenvalue weighted by Gasteiger charge is 2.25. The summed E-state index contributed by atoms with van der Waals surface area (Å²) in [7, 11) is 0. The zero-order valence-electron chi connectivity index (χ0n) is 14.2. The van der Waals surface area contributed by atoms with E-state index in [9.17, 15) is 9.59 Å². The molecule has 2 aromatic rings. The number of halogens is 1. The molecule has 1 fully saturated rings. The topological polar surface area (TPSA) is 85.5 Å². The van der Waals surface area contributed by atoms with Gasteiger partial charge in [-0.3, -0.25) is 14.6 Å². The average molecular weight is 374 g/mol. The number of carbonyl (C=O) groups is 2. The molecule has 1 unspecified atom stereocenters. The summed E-state index contributed by atoms with van der Waals surface area (Å²) < 4.78 is 5.93. The lowest BCUT2D eigenvalue weighted by Gasteiger charge is -2.33. The van der Waals surface area contributed by atoms with Crippen molar-refractivity contribution in [2.45, 2.75) is 25.4 Å². The first kappa shape index (κ1) is 18.2. The first-order valence-electron chi connectivity index (χ1n) is 8.46. The minimum atomic E-state index is -0.598. The van der Waals surface area contributed by atoms with Gasteiger partial charge in [0.25, 0.3) is 5.91 Å². The van der Waals surface area contributed by atoms with Gasteiger partial charge in [0.05, 0.1) is 13.0 Å². The molecule has 1 atom stereocenters. The molecule has 1 saturated heterocycles. The third kappa shape index (κ3) is 4.73. The van der Waals surface area contributed by atoms with E-state index in [1.165, 1.54) is 12.3 Å². The van der Waals surface area contributed by atoms with Crippen molar-refractivity contribution in [2.75, 3.05) is 13.1 Å².